The summed E-state index contributed by atoms with van der Waals surface area (Å²) in [5, 5.41) is 6.46. The van der Waals surface area contributed by atoms with Crippen LogP contribution in [0.25, 0.3) is 0 Å². The van der Waals surface area contributed by atoms with E-state index in [0.717, 1.165) is 36.9 Å². The molecule has 23 heavy (non-hydrogen) atoms. The highest BCUT2D eigenvalue weighted by Crippen LogP contribution is 2.30. The molecular formula is C18H23ClN2O2. The molecule has 0 aromatic heterocycles. The Morgan fingerprint density at radius 1 is 1.22 bits per heavy atom. The molecule has 4 nitrogen and oxygen atoms in total. The molecule has 2 rings (SSSR count). The zero-order chi connectivity index (χ0) is 16.8. The molecule has 0 unspecified atom stereocenters. The normalized spacial score (nSPS) is 20.6. The van der Waals surface area contributed by atoms with Crippen molar-refractivity contribution < 1.29 is 9.59 Å². The van der Waals surface area contributed by atoms with Crippen molar-refractivity contribution in [1.82, 2.24) is 5.32 Å². The maximum absolute atomic E-state index is 12.4. The number of carbonyl (C=O) groups is 2. The molecule has 0 aliphatic heterocycles. The monoisotopic (exact) mass is 334 g/mol. The highest BCUT2D eigenvalue weighted by atomic mass is 35.5. The molecule has 2 amide bonds. The second-order valence-corrected chi connectivity index (χ2v) is 6.47. The number of hydrogen-bond acceptors (Lipinski definition) is 2. The van der Waals surface area contributed by atoms with E-state index in [1.807, 2.05) is 19.1 Å². The van der Waals surface area contributed by atoms with Gasteiger partial charge in [-0.3, -0.25) is 9.59 Å². The molecule has 5 heteroatoms. The molecule has 1 aromatic rings. The van der Waals surface area contributed by atoms with E-state index in [1.54, 1.807) is 12.1 Å². The van der Waals surface area contributed by atoms with Crippen molar-refractivity contribution in [2.45, 2.75) is 32.6 Å². The largest absolute Gasteiger partial charge is 0.352 e. The summed E-state index contributed by atoms with van der Waals surface area (Å²) in [4.78, 5) is 24.3. The van der Waals surface area contributed by atoms with Gasteiger partial charge in [0.2, 0.25) is 11.8 Å². The molecule has 0 radical (unpaired) electrons. The summed E-state index contributed by atoms with van der Waals surface area (Å²) in [5.74, 6) is 0.0717. The third-order valence-corrected chi connectivity index (χ3v) is 4.57. The number of aryl methyl sites for hydroxylation is 1. The number of anilines is 1. The van der Waals surface area contributed by atoms with E-state index in [1.165, 1.54) is 0 Å². The molecule has 0 atom stereocenters. The quantitative estimate of drug-likeness (QED) is 0.807. The lowest BCUT2D eigenvalue weighted by Gasteiger charge is -2.27. The van der Waals surface area contributed by atoms with Crippen LogP contribution in [0.5, 0.6) is 0 Å². The van der Waals surface area contributed by atoms with Gasteiger partial charge < -0.3 is 10.6 Å². The molecule has 0 saturated heterocycles. The van der Waals surface area contributed by atoms with Crippen molar-refractivity contribution in [2.24, 2.45) is 11.8 Å². The molecule has 124 valence electrons. The topological polar surface area (TPSA) is 58.2 Å². The van der Waals surface area contributed by atoms with E-state index in [9.17, 15) is 9.59 Å². The van der Waals surface area contributed by atoms with E-state index in [2.05, 4.69) is 17.2 Å². The highest BCUT2D eigenvalue weighted by molar-refractivity contribution is 6.30. The van der Waals surface area contributed by atoms with Crippen LogP contribution >= 0.6 is 11.6 Å². The standard InChI is InChI=1S/C18H23ClN2O2/c1-3-10-20-17(22)13-4-6-14(7-5-13)18(23)21-16-9-8-15(19)11-12(16)2/h3,8-9,11,13-14H,1,4-7,10H2,2H3,(H,20,22)(H,21,23). The fourth-order valence-corrected chi connectivity index (χ4v) is 3.16. The van der Waals surface area contributed by atoms with Crippen molar-refractivity contribution in [3.05, 3.63) is 41.4 Å². The molecule has 0 bridgehead atoms. The summed E-state index contributed by atoms with van der Waals surface area (Å²) < 4.78 is 0. The predicted molar refractivity (Wildman–Crippen MR) is 93.5 cm³/mol. The number of halogens is 1. The molecule has 0 heterocycles. The number of nitrogens with one attached hydrogen (secondary N) is 2. The smallest absolute Gasteiger partial charge is 0.227 e. The zero-order valence-corrected chi connectivity index (χ0v) is 14.2. The van der Waals surface area contributed by atoms with Gasteiger partial charge in [0.15, 0.2) is 0 Å². The summed E-state index contributed by atoms with van der Waals surface area (Å²) in [6.45, 7) is 6.00. The average Bonchev–Trinajstić information content (AvgIpc) is 2.55. The van der Waals surface area contributed by atoms with Crippen LogP contribution in [0.3, 0.4) is 0 Å². The minimum Gasteiger partial charge on any atom is -0.352 e. The molecule has 2 N–H and O–H groups in total. The SMILES string of the molecule is C=CCNC(=O)C1CCC(C(=O)Nc2ccc(Cl)cc2C)CC1. The fraction of sp³-hybridized carbons (Fsp3) is 0.444. The molecule has 1 saturated carbocycles. The summed E-state index contributed by atoms with van der Waals surface area (Å²) in [5.41, 5.74) is 1.74. The molecule has 0 spiro atoms. The second kappa shape index (κ2) is 8.16. The lowest BCUT2D eigenvalue weighted by molar-refractivity contribution is -0.128. The minimum atomic E-state index is -0.0338. The van der Waals surface area contributed by atoms with E-state index in [0.29, 0.717) is 11.6 Å². The molecule has 1 fully saturated rings. The Labute approximate surface area is 142 Å². The van der Waals surface area contributed by atoms with E-state index >= 15 is 0 Å². The Kier molecular flexibility index (Phi) is 6.22. The molecule has 1 aromatic carbocycles. The van der Waals surface area contributed by atoms with Crippen LogP contribution in [0.4, 0.5) is 5.69 Å². The first-order valence-electron chi connectivity index (χ1n) is 7.97. The highest BCUT2D eigenvalue weighted by Gasteiger charge is 2.29. The van der Waals surface area contributed by atoms with Crippen LogP contribution in [0.1, 0.15) is 31.2 Å². The molecule has 1 aliphatic carbocycles. The summed E-state index contributed by atoms with van der Waals surface area (Å²) in [6.07, 6.45) is 4.65. The van der Waals surface area contributed by atoms with Gasteiger partial charge in [-0.25, -0.2) is 0 Å². The first-order chi connectivity index (χ1) is 11.0. The van der Waals surface area contributed by atoms with Crippen LogP contribution in [0, 0.1) is 18.8 Å². The Balaban J connectivity index is 1.86. The van der Waals surface area contributed by atoms with Crippen LogP contribution in [0.15, 0.2) is 30.9 Å². The summed E-state index contributed by atoms with van der Waals surface area (Å²) >= 11 is 5.93. The van der Waals surface area contributed by atoms with Crippen LogP contribution in [-0.2, 0) is 9.59 Å². The number of amides is 2. The van der Waals surface area contributed by atoms with Crippen molar-refractivity contribution in [3.63, 3.8) is 0 Å². The Morgan fingerprint density at radius 2 is 1.83 bits per heavy atom. The van der Waals surface area contributed by atoms with Gasteiger partial charge in [0, 0.05) is 29.1 Å². The van der Waals surface area contributed by atoms with Crippen LogP contribution in [0.2, 0.25) is 5.02 Å². The number of rotatable bonds is 5. The lowest BCUT2D eigenvalue weighted by atomic mass is 9.81. The van der Waals surface area contributed by atoms with E-state index < -0.39 is 0 Å². The maximum atomic E-state index is 12.4. The lowest BCUT2D eigenvalue weighted by Crippen LogP contribution is -2.35. The number of carbonyl (C=O) groups excluding carboxylic acids is 2. The molecule has 1 aliphatic rings. The van der Waals surface area contributed by atoms with Gasteiger partial charge in [-0.05, 0) is 56.4 Å². The van der Waals surface area contributed by atoms with Crippen molar-refractivity contribution in [1.29, 1.82) is 0 Å². The zero-order valence-electron chi connectivity index (χ0n) is 13.4. The first kappa shape index (κ1) is 17.5. The Hall–Kier alpha value is -1.81. The van der Waals surface area contributed by atoms with Gasteiger partial charge in [0.05, 0.1) is 0 Å². The van der Waals surface area contributed by atoms with Crippen molar-refractivity contribution >= 4 is 29.1 Å². The van der Waals surface area contributed by atoms with Gasteiger partial charge in [-0.1, -0.05) is 17.7 Å². The molecular weight excluding hydrogens is 312 g/mol. The van der Waals surface area contributed by atoms with Gasteiger partial charge in [0.1, 0.15) is 0 Å². The van der Waals surface area contributed by atoms with Gasteiger partial charge >= 0.3 is 0 Å². The van der Waals surface area contributed by atoms with E-state index in [4.69, 9.17) is 11.6 Å². The summed E-state index contributed by atoms with van der Waals surface area (Å²) in [6, 6.07) is 5.42. The minimum absolute atomic E-state index is 0.0104. The first-order valence-corrected chi connectivity index (χ1v) is 8.34. The number of hydrogen-bond donors (Lipinski definition) is 2. The third kappa shape index (κ3) is 4.83. The van der Waals surface area contributed by atoms with Crippen LogP contribution < -0.4 is 10.6 Å². The van der Waals surface area contributed by atoms with E-state index in [-0.39, 0.29) is 23.7 Å². The second-order valence-electron chi connectivity index (χ2n) is 6.03. The fourth-order valence-electron chi connectivity index (χ4n) is 2.94. The average molecular weight is 335 g/mol. The Bertz CT molecular complexity index is 593. The van der Waals surface area contributed by atoms with Crippen LogP contribution in [-0.4, -0.2) is 18.4 Å². The summed E-state index contributed by atoms with van der Waals surface area (Å²) in [7, 11) is 0. The van der Waals surface area contributed by atoms with Gasteiger partial charge in [0.25, 0.3) is 0 Å². The predicted octanol–water partition coefficient (Wildman–Crippen LogP) is 3.70. The Morgan fingerprint density at radius 3 is 2.39 bits per heavy atom. The third-order valence-electron chi connectivity index (χ3n) is 4.34. The van der Waals surface area contributed by atoms with Gasteiger partial charge in [-0.2, -0.15) is 0 Å². The van der Waals surface area contributed by atoms with Crippen molar-refractivity contribution in [3.8, 4) is 0 Å². The van der Waals surface area contributed by atoms with Gasteiger partial charge in [-0.15, -0.1) is 6.58 Å². The van der Waals surface area contributed by atoms with Crippen molar-refractivity contribution in [2.75, 3.05) is 11.9 Å². The maximum Gasteiger partial charge on any atom is 0.227 e. The number of benzene rings is 1.